The highest BCUT2D eigenvalue weighted by Gasteiger charge is 2.16. The van der Waals surface area contributed by atoms with Gasteiger partial charge in [-0.3, -0.25) is 4.79 Å². The molecule has 1 fully saturated rings. The van der Waals surface area contributed by atoms with Gasteiger partial charge in [-0.1, -0.05) is 18.6 Å². The summed E-state index contributed by atoms with van der Waals surface area (Å²) in [4.78, 5) is 15.0. The van der Waals surface area contributed by atoms with Gasteiger partial charge in [0.1, 0.15) is 5.75 Å². The van der Waals surface area contributed by atoms with Crippen molar-refractivity contribution < 1.29 is 9.53 Å². The lowest BCUT2D eigenvalue weighted by atomic mass is 9.85. The molecule has 0 atom stereocenters. The Balaban J connectivity index is 1.80. The molecule has 0 saturated heterocycles. The normalized spacial score (nSPS) is 15.3. The summed E-state index contributed by atoms with van der Waals surface area (Å²) in [5, 5.41) is 3.14. The van der Waals surface area contributed by atoms with Gasteiger partial charge in [0.05, 0.1) is 6.54 Å². The number of carbonyl (C=O) groups is 1. The minimum Gasteiger partial charge on any atom is -0.484 e. The molecule has 21 heavy (non-hydrogen) atoms. The van der Waals surface area contributed by atoms with Crippen molar-refractivity contribution in [2.75, 3.05) is 13.2 Å². The SMILES string of the molecule is NC(=O)COc1cccc(CN=C(N)NCC2CCC2)c1. The highest BCUT2D eigenvalue weighted by atomic mass is 16.5. The van der Waals surface area contributed by atoms with Gasteiger partial charge in [0.2, 0.25) is 0 Å². The Morgan fingerprint density at radius 2 is 2.19 bits per heavy atom. The number of rotatable bonds is 7. The van der Waals surface area contributed by atoms with Gasteiger partial charge in [-0.15, -0.1) is 0 Å². The number of nitrogens with two attached hydrogens (primary N) is 2. The van der Waals surface area contributed by atoms with Gasteiger partial charge in [-0.25, -0.2) is 4.99 Å². The van der Waals surface area contributed by atoms with Crippen molar-refractivity contribution in [2.45, 2.75) is 25.8 Å². The predicted octanol–water partition coefficient (Wildman–Crippen LogP) is 0.755. The van der Waals surface area contributed by atoms with Gasteiger partial charge in [0.15, 0.2) is 12.6 Å². The number of aliphatic imine (C=N–C) groups is 1. The van der Waals surface area contributed by atoms with Gasteiger partial charge in [-0.2, -0.15) is 0 Å². The predicted molar refractivity (Wildman–Crippen MR) is 81.8 cm³/mol. The van der Waals surface area contributed by atoms with Crippen LogP contribution in [0.1, 0.15) is 24.8 Å². The van der Waals surface area contributed by atoms with E-state index in [1.807, 2.05) is 18.2 Å². The van der Waals surface area contributed by atoms with Crippen molar-refractivity contribution in [1.29, 1.82) is 0 Å². The zero-order chi connectivity index (χ0) is 15.1. The van der Waals surface area contributed by atoms with Crippen LogP contribution in [0.2, 0.25) is 0 Å². The third kappa shape index (κ3) is 5.33. The summed E-state index contributed by atoms with van der Waals surface area (Å²) >= 11 is 0. The Kier molecular flexibility index (Phi) is 5.43. The van der Waals surface area contributed by atoms with Crippen molar-refractivity contribution in [3.8, 4) is 5.75 Å². The van der Waals surface area contributed by atoms with Crippen molar-refractivity contribution in [2.24, 2.45) is 22.4 Å². The molecule has 0 heterocycles. The molecule has 0 unspecified atom stereocenters. The number of hydrogen-bond donors (Lipinski definition) is 3. The number of benzene rings is 1. The van der Waals surface area contributed by atoms with E-state index in [2.05, 4.69) is 10.3 Å². The molecule has 5 N–H and O–H groups in total. The topological polar surface area (TPSA) is 103 Å². The number of hydrogen-bond acceptors (Lipinski definition) is 3. The molecule has 1 aliphatic rings. The summed E-state index contributed by atoms with van der Waals surface area (Å²) < 4.78 is 5.25. The fraction of sp³-hybridized carbons (Fsp3) is 0.467. The maximum Gasteiger partial charge on any atom is 0.255 e. The van der Waals surface area contributed by atoms with Gasteiger partial charge < -0.3 is 21.5 Å². The van der Waals surface area contributed by atoms with Crippen molar-refractivity contribution >= 4 is 11.9 Å². The van der Waals surface area contributed by atoms with E-state index < -0.39 is 5.91 Å². The van der Waals surface area contributed by atoms with Crippen molar-refractivity contribution in [3.63, 3.8) is 0 Å². The standard InChI is InChI=1S/C15H22N4O2/c16-14(20)10-21-13-6-2-5-12(7-13)9-19-15(17)18-8-11-3-1-4-11/h2,5-7,11H,1,3-4,8-10H2,(H2,16,20)(H3,17,18,19). The van der Waals surface area contributed by atoms with Gasteiger partial charge >= 0.3 is 0 Å². The second-order valence-corrected chi connectivity index (χ2v) is 5.28. The summed E-state index contributed by atoms with van der Waals surface area (Å²) in [5.74, 6) is 1.31. The molecular weight excluding hydrogens is 268 g/mol. The average Bonchev–Trinajstić information content (AvgIpc) is 2.42. The number of guanidine groups is 1. The van der Waals surface area contributed by atoms with Crippen LogP contribution in [0.3, 0.4) is 0 Å². The fourth-order valence-corrected chi connectivity index (χ4v) is 2.07. The Morgan fingerprint density at radius 3 is 2.86 bits per heavy atom. The largest absolute Gasteiger partial charge is 0.484 e. The Bertz CT molecular complexity index is 512. The number of nitrogens with zero attached hydrogens (tertiary/aromatic N) is 1. The number of carbonyl (C=O) groups excluding carboxylic acids is 1. The zero-order valence-corrected chi connectivity index (χ0v) is 12.0. The van der Waals surface area contributed by atoms with Crippen LogP contribution in [0.5, 0.6) is 5.75 Å². The number of ether oxygens (including phenoxy) is 1. The summed E-state index contributed by atoms with van der Waals surface area (Å²) in [6.07, 6.45) is 3.88. The van der Waals surface area contributed by atoms with E-state index in [1.165, 1.54) is 19.3 Å². The molecule has 114 valence electrons. The van der Waals surface area contributed by atoms with Crippen LogP contribution in [0.4, 0.5) is 0 Å². The first-order valence-electron chi connectivity index (χ1n) is 7.17. The monoisotopic (exact) mass is 290 g/mol. The minimum atomic E-state index is -0.497. The highest BCUT2D eigenvalue weighted by Crippen LogP contribution is 2.25. The quantitative estimate of drug-likeness (QED) is 0.509. The molecule has 0 bridgehead atoms. The Hall–Kier alpha value is -2.24. The molecule has 1 amide bonds. The second-order valence-electron chi connectivity index (χ2n) is 5.28. The van der Waals surface area contributed by atoms with Crippen molar-refractivity contribution in [1.82, 2.24) is 5.32 Å². The second kappa shape index (κ2) is 7.52. The van der Waals surface area contributed by atoms with Crippen LogP contribution in [0.15, 0.2) is 29.3 Å². The summed E-state index contributed by atoms with van der Waals surface area (Å²) in [5.41, 5.74) is 11.8. The maximum atomic E-state index is 10.7. The zero-order valence-electron chi connectivity index (χ0n) is 12.0. The molecule has 6 nitrogen and oxygen atoms in total. The molecule has 1 saturated carbocycles. The third-order valence-corrected chi connectivity index (χ3v) is 3.51. The van der Waals surface area contributed by atoms with Crippen LogP contribution in [-0.2, 0) is 11.3 Å². The summed E-state index contributed by atoms with van der Waals surface area (Å²) in [6, 6.07) is 7.37. The van der Waals surface area contributed by atoms with Crippen LogP contribution in [-0.4, -0.2) is 25.0 Å². The van der Waals surface area contributed by atoms with Crippen molar-refractivity contribution in [3.05, 3.63) is 29.8 Å². The van der Waals surface area contributed by atoms with E-state index in [4.69, 9.17) is 16.2 Å². The third-order valence-electron chi connectivity index (χ3n) is 3.51. The molecular formula is C15H22N4O2. The molecule has 0 aromatic heterocycles. The van der Waals surface area contributed by atoms with Gasteiger partial charge in [-0.05, 0) is 36.5 Å². The maximum absolute atomic E-state index is 10.7. The molecule has 0 radical (unpaired) electrons. The van der Waals surface area contributed by atoms with Crippen LogP contribution in [0.25, 0.3) is 0 Å². The molecule has 1 aromatic carbocycles. The number of primary amides is 1. The first kappa shape index (κ1) is 15.2. The lowest BCUT2D eigenvalue weighted by molar-refractivity contribution is -0.119. The lowest BCUT2D eigenvalue weighted by Gasteiger charge is -2.25. The van der Waals surface area contributed by atoms with Crippen LogP contribution < -0.4 is 21.5 Å². The fourth-order valence-electron chi connectivity index (χ4n) is 2.07. The first-order valence-corrected chi connectivity index (χ1v) is 7.17. The average molecular weight is 290 g/mol. The molecule has 1 aliphatic carbocycles. The number of nitrogens with one attached hydrogen (secondary N) is 1. The molecule has 2 rings (SSSR count). The molecule has 6 heteroatoms. The summed E-state index contributed by atoms with van der Waals surface area (Å²) in [7, 11) is 0. The lowest BCUT2D eigenvalue weighted by Crippen LogP contribution is -2.37. The molecule has 0 aliphatic heterocycles. The number of amides is 1. The van der Waals surface area contributed by atoms with E-state index >= 15 is 0 Å². The van der Waals surface area contributed by atoms with E-state index in [-0.39, 0.29) is 6.61 Å². The first-order chi connectivity index (χ1) is 10.1. The van der Waals surface area contributed by atoms with Gasteiger partial charge in [0, 0.05) is 6.54 Å². The Morgan fingerprint density at radius 1 is 1.38 bits per heavy atom. The van der Waals surface area contributed by atoms with E-state index in [1.54, 1.807) is 6.07 Å². The highest BCUT2D eigenvalue weighted by molar-refractivity contribution is 5.77. The smallest absolute Gasteiger partial charge is 0.255 e. The minimum absolute atomic E-state index is 0.127. The van der Waals surface area contributed by atoms with E-state index in [0.29, 0.717) is 18.3 Å². The molecule has 0 spiro atoms. The Labute approximate surface area is 124 Å². The molecule has 1 aromatic rings. The van der Waals surface area contributed by atoms with E-state index in [0.717, 1.165) is 18.0 Å². The van der Waals surface area contributed by atoms with Gasteiger partial charge in [0.25, 0.3) is 5.91 Å². The van der Waals surface area contributed by atoms with Crippen LogP contribution >= 0.6 is 0 Å². The summed E-state index contributed by atoms with van der Waals surface area (Å²) in [6.45, 7) is 1.24. The van der Waals surface area contributed by atoms with E-state index in [9.17, 15) is 4.79 Å². The van der Waals surface area contributed by atoms with Crippen LogP contribution in [0, 0.1) is 5.92 Å².